The fourth-order valence-corrected chi connectivity index (χ4v) is 1.75. The zero-order chi connectivity index (χ0) is 12.1. The summed E-state index contributed by atoms with van der Waals surface area (Å²) in [6.45, 7) is 4.86. The van der Waals surface area contributed by atoms with Crippen molar-refractivity contribution in [2.75, 3.05) is 26.3 Å². The number of nitriles is 1. The van der Waals surface area contributed by atoms with Crippen LogP contribution in [0.2, 0.25) is 0 Å². The number of nitrogens with one attached hydrogen (secondary N) is 1. The second kappa shape index (κ2) is 5.67. The highest BCUT2D eigenvalue weighted by Crippen LogP contribution is 2.19. The van der Waals surface area contributed by atoms with Crippen molar-refractivity contribution in [3.05, 3.63) is 29.3 Å². The third-order valence-electron chi connectivity index (χ3n) is 2.69. The van der Waals surface area contributed by atoms with Crippen LogP contribution in [0.3, 0.4) is 0 Å². The van der Waals surface area contributed by atoms with E-state index in [4.69, 9.17) is 14.7 Å². The number of rotatable bonds is 3. The average Bonchev–Trinajstić information content (AvgIpc) is 2.38. The molecule has 1 N–H and O–H groups in total. The molecule has 0 aliphatic carbocycles. The molecule has 90 valence electrons. The predicted octanol–water partition coefficient (Wildman–Crippen LogP) is 1.23. The third kappa shape index (κ3) is 3.19. The molecule has 0 saturated carbocycles. The summed E-state index contributed by atoms with van der Waals surface area (Å²) in [4.78, 5) is 0. The number of hydrogen-bond acceptors (Lipinski definition) is 4. The molecule has 17 heavy (non-hydrogen) atoms. The van der Waals surface area contributed by atoms with E-state index in [1.54, 1.807) is 6.07 Å². The number of benzene rings is 1. The quantitative estimate of drug-likeness (QED) is 0.851. The molecule has 1 heterocycles. The average molecular weight is 232 g/mol. The van der Waals surface area contributed by atoms with E-state index in [9.17, 15) is 0 Å². The lowest BCUT2D eigenvalue weighted by atomic mass is 10.1. The van der Waals surface area contributed by atoms with E-state index < -0.39 is 0 Å². The van der Waals surface area contributed by atoms with Crippen LogP contribution >= 0.6 is 0 Å². The van der Waals surface area contributed by atoms with Gasteiger partial charge in [0.05, 0.1) is 12.2 Å². The molecule has 0 radical (unpaired) electrons. The summed E-state index contributed by atoms with van der Waals surface area (Å²) in [5, 5.41) is 12.2. The molecule has 0 aromatic heterocycles. The Hall–Kier alpha value is -1.57. The monoisotopic (exact) mass is 232 g/mol. The van der Waals surface area contributed by atoms with Crippen molar-refractivity contribution in [3.63, 3.8) is 0 Å². The van der Waals surface area contributed by atoms with Crippen LogP contribution in [0.15, 0.2) is 18.2 Å². The van der Waals surface area contributed by atoms with Crippen molar-refractivity contribution in [1.82, 2.24) is 5.32 Å². The maximum atomic E-state index is 8.97. The van der Waals surface area contributed by atoms with E-state index >= 15 is 0 Å². The van der Waals surface area contributed by atoms with Gasteiger partial charge in [0.1, 0.15) is 24.5 Å². The lowest BCUT2D eigenvalue weighted by Crippen LogP contribution is -2.41. The van der Waals surface area contributed by atoms with Gasteiger partial charge in [-0.15, -0.1) is 0 Å². The van der Waals surface area contributed by atoms with Gasteiger partial charge >= 0.3 is 0 Å². The van der Waals surface area contributed by atoms with Gasteiger partial charge in [0, 0.05) is 13.1 Å². The molecular formula is C13H16N2O2. The van der Waals surface area contributed by atoms with Gasteiger partial charge in [0.25, 0.3) is 0 Å². The molecule has 1 aliphatic rings. The Morgan fingerprint density at radius 2 is 2.47 bits per heavy atom. The van der Waals surface area contributed by atoms with Crippen molar-refractivity contribution in [2.45, 2.75) is 13.0 Å². The maximum Gasteiger partial charge on any atom is 0.137 e. The first-order chi connectivity index (χ1) is 8.29. The van der Waals surface area contributed by atoms with Gasteiger partial charge in [-0.3, -0.25) is 0 Å². The molecule has 1 aromatic rings. The number of aryl methyl sites for hydroxylation is 1. The highest BCUT2D eigenvalue weighted by Gasteiger charge is 2.14. The summed E-state index contributed by atoms with van der Waals surface area (Å²) in [6, 6.07) is 7.70. The van der Waals surface area contributed by atoms with Gasteiger partial charge in [-0.25, -0.2) is 0 Å². The summed E-state index contributed by atoms with van der Waals surface area (Å²) < 4.78 is 11.2. The van der Waals surface area contributed by atoms with Crippen molar-refractivity contribution >= 4 is 0 Å². The Morgan fingerprint density at radius 3 is 3.18 bits per heavy atom. The van der Waals surface area contributed by atoms with Crippen molar-refractivity contribution in [1.29, 1.82) is 5.26 Å². The Kier molecular flexibility index (Phi) is 3.97. The van der Waals surface area contributed by atoms with Gasteiger partial charge in [0.15, 0.2) is 0 Å². The molecule has 1 saturated heterocycles. The molecular weight excluding hydrogens is 216 g/mol. The van der Waals surface area contributed by atoms with E-state index in [0.29, 0.717) is 24.5 Å². The molecule has 4 nitrogen and oxygen atoms in total. The first-order valence-corrected chi connectivity index (χ1v) is 5.75. The summed E-state index contributed by atoms with van der Waals surface area (Å²) in [7, 11) is 0. The van der Waals surface area contributed by atoms with E-state index in [2.05, 4.69) is 11.4 Å². The summed E-state index contributed by atoms with van der Waals surface area (Å²) in [5.41, 5.74) is 1.65. The molecule has 1 aromatic carbocycles. The zero-order valence-electron chi connectivity index (χ0n) is 9.90. The molecule has 1 fully saturated rings. The molecule has 4 heteroatoms. The molecule has 0 amide bonds. The van der Waals surface area contributed by atoms with Crippen LogP contribution in [0.5, 0.6) is 5.75 Å². The molecule has 1 atom stereocenters. The van der Waals surface area contributed by atoms with E-state index in [0.717, 1.165) is 18.7 Å². The van der Waals surface area contributed by atoms with Gasteiger partial charge in [0.2, 0.25) is 0 Å². The van der Waals surface area contributed by atoms with Crippen LogP contribution in [0.25, 0.3) is 0 Å². The third-order valence-corrected chi connectivity index (χ3v) is 2.69. The molecule has 1 unspecified atom stereocenters. The maximum absolute atomic E-state index is 8.97. The summed E-state index contributed by atoms with van der Waals surface area (Å²) in [5.74, 6) is 0.640. The van der Waals surface area contributed by atoms with Gasteiger partial charge in [-0.1, -0.05) is 6.07 Å². The SMILES string of the molecule is Cc1ccc(C#N)c(OCC2CNCCO2)c1. The van der Waals surface area contributed by atoms with E-state index in [-0.39, 0.29) is 6.10 Å². The van der Waals surface area contributed by atoms with Gasteiger partial charge in [-0.2, -0.15) is 5.26 Å². The van der Waals surface area contributed by atoms with Crippen molar-refractivity contribution < 1.29 is 9.47 Å². The summed E-state index contributed by atoms with van der Waals surface area (Å²) in [6.07, 6.45) is 0.0656. The first kappa shape index (κ1) is 11.9. The van der Waals surface area contributed by atoms with Crippen LogP contribution in [0.4, 0.5) is 0 Å². The lowest BCUT2D eigenvalue weighted by molar-refractivity contribution is 0.000130. The normalized spacial score (nSPS) is 19.6. The van der Waals surface area contributed by atoms with Crippen LogP contribution < -0.4 is 10.1 Å². The number of nitrogens with zero attached hydrogens (tertiary/aromatic N) is 1. The standard InChI is InChI=1S/C13H16N2O2/c1-10-2-3-11(7-14)13(6-10)17-9-12-8-15-4-5-16-12/h2-3,6,12,15H,4-5,8-9H2,1H3. The van der Waals surface area contributed by atoms with Crippen LogP contribution in [0, 0.1) is 18.3 Å². The number of morpholine rings is 1. The lowest BCUT2D eigenvalue weighted by Gasteiger charge is -2.23. The fourth-order valence-electron chi connectivity index (χ4n) is 1.75. The zero-order valence-corrected chi connectivity index (χ0v) is 9.90. The largest absolute Gasteiger partial charge is 0.489 e. The Morgan fingerprint density at radius 1 is 1.59 bits per heavy atom. The van der Waals surface area contributed by atoms with Gasteiger partial charge < -0.3 is 14.8 Å². The summed E-state index contributed by atoms with van der Waals surface area (Å²) >= 11 is 0. The van der Waals surface area contributed by atoms with Crippen LogP contribution in [0.1, 0.15) is 11.1 Å². The van der Waals surface area contributed by atoms with E-state index in [1.807, 2.05) is 19.1 Å². The number of hydrogen-bond donors (Lipinski definition) is 1. The fraction of sp³-hybridized carbons (Fsp3) is 0.462. The minimum atomic E-state index is 0.0656. The van der Waals surface area contributed by atoms with Crippen molar-refractivity contribution in [2.24, 2.45) is 0 Å². The Labute approximate surface area is 101 Å². The topological polar surface area (TPSA) is 54.3 Å². The Bertz CT molecular complexity index is 420. The number of ether oxygens (including phenoxy) is 2. The van der Waals surface area contributed by atoms with Crippen LogP contribution in [-0.4, -0.2) is 32.4 Å². The predicted molar refractivity (Wildman–Crippen MR) is 64.0 cm³/mol. The molecule has 1 aliphatic heterocycles. The van der Waals surface area contributed by atoms with E-state index in [1.165, 1.54) is 0 Å². The molecule has 0 bridgehead atoms. The highest BCUT2D eigenvalue weighted by atomic mass is 16.5. The Balaban J connectivity index is 1.98. The highest BCUT2D eigenvalue weighted by molar-refractivity contribution is 5.45. The first-order valence-electron chi connectivity index (χ1n) is 5.75. The molecule has 2 rings (SSSR count). The smallest absolute Gasteiger partial charge is 0.137 e. The minimum absolute atomic E-state index is 0.0656. The van der Waals surface area contributed by atoms with Crippen molar-refractivity contribution in [3.8, 4) is 11.8 Å². The second-order valence-corrected chi connectivity index (χ2v) is 4.12. The van der Waals surface area contributed by atoms with Crippen LogP contribution in [-0.2, 0) is 4.74 Å². The molecule has 0 spiro atoms. The second-order valence-electron chi connectivity index (χ2n) is 4.12. The van der Waals surface area contributed by atoms with Gasteiger partial charge in [-0.05, 0) is 24.6 Å². The minimum Gasteiger partial charge on any atom is -0.489 e.